The quantitative estimate of drug-likeness (QED) is 0.697. The molecule has 1 unspecified atom stereocenters. The Bertz CT molecular complexity index is 1010. The Hall–Kier alpha value is -2.45. The molecule has 6 nitrogen and oxygen atoms in total. The number of carbonyl (C=O) groups excluding carboxylic acids is 1. The van der Waals surface area contributed by atoms with Crippen molar-refractivity contribution >= 4 is 21.6 Å². The monoisotopic (exact) mass is 434 g/mol. The summed E-state index contributed by atoms with van der Waals surface area (Å²) < 4.78 is 46.4. The van der Waals surface area contributed by atoms with Crippen LogP contribution in [0.15, 0.2) is 47.4 Å². The Balaban J connectivity index is 1.77. The van der Waals surface area contributed by atoms with Gasteiger partial charge in [-0.25, -0.2) is 12.8 Å². The van der Waals surface area contributed by atoms with Gasteiger partial charge in [-0.3, -0.25) is 4.79 Å². The van der Waals surface area contributed by atoms with Crippen LogP contribution in [-0.4, -0.2) is 45.4 Å². The van der Waals surface area contributed by atoms with Gasteiger partial charge in [0.1, 0.15) is 11.6 Å². The van der Waals surface area contributed by atoms with E-state index in [9.17, 15) is 17.6 Å². The van der Waals surface area contributed by atoms with E-state index in [0.29, 0.717) is 37.4 Å². The number of ether oxygens (including phenoxy) is 1. The minimum absolute atomic E-state index is 0.124. The Morgan fingerprint density at radius 1 is 1.23 bits per heavy atom. The van der Waals surface area contributed by atoms with Gasteiger partial charge in [-0.2, -0.15) is 4.31 Å². The van der Waals surface area contributed by atoms with E-state index in [1.807, 2.05) is 13.8 Å². The summed E-state index contributed by atoms with van der Waals surface area (Å²) in [4.78, 5) is 14.6. The summed E-state index contributed by atoms with van der Waals surface area (Å²) in [5.41, 5.74) is 1.32. The molecule has 1 aliphatic rings. The van der Waals surface area contributed by atoms with Crippen molar-refractivity contribution in [3.05, 3.63) is 53.8 Å². The molecule has 1 aliphatic heterocycles. The molecule has 2 aromatic carbocycles. The third-order valence-electron chi connectivity index (χ3n) is 5.36. The zero-order chi connectivity index (χ0) is 21.9. The lowest BCUT2D eigenvalue weighted by molar-refractivity contribution is -0.123. The van der Waals surface area contributed by atoms with Crippen LogP contribution in [0.2, 0.25) is 0 Å². The fourth-order valence-corrected chi connectivity index (χ4v) is 5.29. The van der Waals surface area contributed by atoms with Crippen LogP contribution >= 0.6 is 0 Å². The highest BCUT2D eigenvalue weighted by Crippen LogP contribution is 2.28. The van der Waals surface area contributed by atoms with Crippen molar-refractivity contribution in [1.82, 2.24) is 4.31 Å². The molecule has 8 heteroatoms. The predicted octanol–water partition coefficient (Wildman–Crippen LogP) is 3.60. The van der Waals surface area contributed by atoms with Gasteiger partial charge in [0, 0.05) is 25.8 Å². The van der Waals surface area contributed by atoms with Gasteiger partial charge < -0.3 is 9.64 Å². The van der Waals surface area contributed by atoms with Crippen molar-refractivity contribution in [2.75, 3.05) is 31.6 Å². The minimum atomic E-state index is -3.72. The van der Waals surface area contributed by atoms with E-state index in [1.54, 1.807) is 25.2 Å². The highest BCUT2D eigenvalue weighted by molar-refractivity contribution is 7.89. The second kappa shape index (κ2) is 9.14. The lowest BCUT2D eigenvalue weighted by Gasteiger charge is -2.33. The third-order valence-corrected chi connectivity index (χ3v) is 7.22. The van der Waals surface area contributed by atoms with Crippen LogP contribution in [0, 0.1) is 18.7 Å². The second-order valence-electron chi connectivity index (χ2n) is 7.44. The molecule has 30 heavy (non-hydrogen) atoms. The summed E-state index contributed by atoms with van der Waals surface area (Å²) in [7, 11) is -2.10. The average Bonchev–Trinajstić information content (AvgIpc) is 2.75. The van der Waals surface area contributed by atoms with E-state index in [1.165, 1.54) is 33.5 Å². The second-order valence-corrected chi connectivity index (χ2v) is 9.37. The number of carbonyl (C=O) groups is 1. The molecular formula is C22H27FN2O4S. The van der Waals surface area contributed by atoms with E-state index in [0.717, 1.165) is 5.56 Å². The number of rotatable bonds is 6. The van der Waals surface area contributed by atoms with Crippen molar-refractivity contribution in [1.29, 1.82) is 0 Å². The van der Waals surface area contributed by atoms with Gasteiger partial charge >= 0.3 is 0 Å². The third kappa shape index (κ3) is 4.65. The molecule has 1 heterocycles. The summed E-state index contributed by atoms with van der Waals surface area (Å²) in [5.74, 6) is -0.346. The van der Waals surface area contributed by atoms with Gasteiger partial charge in [-0.15, -0.1) is 0 Å². The Morgan fingerprint density at radius 3 is 2.57 bits per heavy atom. The van der Waals surface area contributed by atoms with Crippen LogP contribution in [0.5, 0.6) is 5.75 Å². The van der Waals surface area contributed by atoms with Gasteiger partial charge in [0.05, 0.1) is 17.4 Å². The molecule has 0 N–H and O–H groups in total. The first-order chi connectivity index (χ1) is 14.2. The number of piperidine rings is 1. The van der Waals surface area contributed by atoms with E-state index in [2.05, 4.69) is 0 Å². The normalized spacial score (nSPS) is 17.5. The SMILES string of the molecule is CCOc1ccc(S(=O)(=O)N2CCCC(C(=O)N(C)c3ccc(F)cc3)C2)cc1C. The molecule has 0 aliphatic carbocycles. The number of sulfonamides is 1. The van der Waals surface area contributed by atoms with Crippen LogP contribution in [0.25, 0.3) is 0 Å². The smallest absolute Gasteiger partial charge is 0.243 e. The van der Waals surface area contributed by atoms with Gasteiger partial charge in [0.15, 0.2) is 0 Å². The molecule has 162 valence electrons. The van der Waals surface area contributed by atoms with E-state index < -0.39 is 15.9 Å². The number of nitrogens with zero attached hydrogens (tertiary/aromatic N) is 2. The number of hydrogen-bond acceptors (Lipinski definition) is 4. The molecule has 0 radical (unpaired) electrons. The highest BCUT2D eigenvalue weighted by Gasteiger charge is 2.35. The molecule has 1 amide bonds. The minimum Gasteiger partial charge on any atom is -0.494 e. The van der Waals surface area contributed by atoms with Crippen molar-refractivity contribution < 1.29 is 22.3 Å². The molecule has 0 spiro atoms. The van der Waals surface area contributed by atoms with Crippen molar-refractivity contribution in [2.24, 2.45) is 5.92 Å². The highest BCUT2D eigenvalue weighted by atomic mass is 32.2. The predicted molar refractivity (Wildman–Crippen MR) is 114 cm³/mol. The van der Waals surface area contributed by atoms with Crippen LogP contribution in [-0.2, 0) is 14.8 Å². The number of hydrogen-bond donors (Lipinski definition) is 0. The molecule has 1 saturated heterocycles. The maximum atomic E-state index is 13.2. The maximum Gasteiger partial charge on any atom is 0.243 e. The van der Waals surface area contributed by atoms with Crippen LogP contribution < -0.4 is 9.64 Å². The Morgan fingerprint density at radius 2 is 1.93 bits per heavy atom. The molecule has 3 rings (SSSR count). The molecular weight excluding hydrogens is 407 g/mol. The lowest BCUT2D eigenvalue weighted by atomic mass is 9.98. The molecule has 0 aromatic heterocycles. The largest absolute Gasteiger partial charge is 0.494 e. The Kier molecular flexibility index (Phi) is 6.77. The van der Waals surface area contributed by atoms with Gasteiger partial charge in [-0.1, -0.05) is 0 Å². The number of benzene rings is 2. The van der Waals surface area contributed by atoms with E-state index >= 15 is 0 Å². The van der Waals surface area contributed by atoms with Crippen molar-refractivity contribution in [2.45, 2.75) is 31.6 Å². The van der Waals surface area contributed by atoms with Crippen molar-refractivity contribution in [3.63, 3.8) is 0 Å². The summed E-state index contributed by atoms with van der Waals surface area (Å²) in [6.07, 6.45) is 1.21. The zero-order valence-corrected chi connectivity index (χ0v) is 18.3. The number of amides is 1. The molecule has 1 fully saturated rings. The first kappa shape index (κ1) is 22.2. The van der Waals surface area contributed by atoms with Crippen LogP contribution in [0.4, 0.5) is 10.1 Å². The number of halogens is 1. The standard InChI is InChI=1S/C22H27FN2O4S/c1-4-29-21-12-11-20(14-16(21)2)30(27,28)25-13-5-6-17(15-25)22(26)24(3)19-9-7-18(23)8-10-19/h7-12,14,17H,4-6,13,15H2,1-3H3. The molecule has 2 aromatic rings. The summed E-state index contributed by atoms with van der Waals surface area (Å²) in [5, 5.41) is 0. The van der Waals surface area contributed by atoms with Crippen molar-refractivity contribution in [3.8, 4) is 5.75 Å². The number of aryl methyl sites for hydroxylation is 1. The average molecular weight is 435 g/mol. The van der Waals surface area contributed by atoms with Gasteiger partial charge in [0.25, 0.3) is 0 Å². The fourth-order valence-electron chi connectivity index (χ4n) is 3.68. The maximum absolute atomic E-state index is 13.2. The summed E-state index contributed by atoms with van der Waals surface area (Å²) in [6.45, 7) is 4.68. The van der Waals surface area contributed by atoms with Gasteiger partial charge in [0.2, 0.25) is 15.9 Å². The van der Waals surface area contributed by atoms with E-state index in [4.69, 9.17) is 4.74 Å². The lowest BCUT2D eigenvalue weighted by Crippen LogP contribution is -2.46. The first-order valence-electron chi connectivity index (χ1n) is 10.0. The topological polar surface area (TPSA) is 66.9 Å². The number of anilines is 1. The zero-order valence-electron chi connectivity index (χ0n) is 17.5. The van der Waals surface area contributed by atoms with Crippen LogP contribution in [0.1, 0.15) is 25.3 Å². The van der Waals surface area contributed by atoms with Gasteiger partial charge in [-0.05, 0) is 74.7 Å². The molecule has 0 bridgehead atoms. The van der Waals surface area contributed by atoms with Crippen LogP contribution in [0.3, 0.4) is 0 Å². The Labute approximate surface area is 177 Å². The summed E-state index contributed by atoms with van der Waals surface area (Å²) in [6, 6.07) is 10.5. The summed E-state index contributed by atoms with van der Waals surface area (Å²) >= 11 is 0. The molecule has 1 atom stereocenters. The molecule has 0 saturated carbocycles. The van der Waals surface area contributed by atoms with E-state index in [-0.39, 0.29) is 23.2 Å². The fraction of sp³-hybridized carbons (Fsp3) is 0.409. The first-order valence-corrected chi connectivity index (χ1v) is 11.4.